The number of thioether (sulfide) groups is 1. The lowest BCUT2D eigenvalue weighted by molar-refractivity contribution is -0.118. The predicted octanol–water partition coefficient (Wildman–Crippen LogP) is 1.73. The maximum atomic E-state index is 11.5. The average Bonchev–Trinajstić information content (AvgIpc) is 2.82. The van der Waals surface area contributed by atoms with Crippen molar-refractivity contribution in [1.29, 1.82) is 0 Å². The number of carbonyl (C=O) groups excluding carboxylic acids is 1. The normalized spacial score (nSPS) is 12.4. The molecule has 1 heterocycles. The van der Waals surface area contributed by atoms with Gasteiger partial charge in [0, 0.05) is 11.4 Å². The molecule has 1 rings (SSSR count). The standard InChI is InChI=1S/C12H20N2OS2/c1-10(7-13)8-16-9-12(15)14-5-4-11-3-2-6-17-11/h2-3,6,10H,4-5,7-9,13H2,1H3,(H,14,15). The molecule has 3 N–H and O–H groups in total. The third-order valence-corrected chi connectivity index (χ3v) is 4.52. The fourth-order valence-corrected chi connectivity index (χ4v) is 2.90. The van der Waals surface area contributed by atoms with Crippen molar-refractivity contribution in [1.82, 2.24) is 5.32 Å². The van der Waals surface area contributed by atoms with Crippen molar-refractivity contribution in [3.8, 4) is 0 Å². The summed E-state index contributed by atoms with van der Waals surface area (Å²) >= 11 is 3.38. The van der Waals surface area contributed by atoms with Crippen LogP contribution in [0.2, 0.25) is 0 Å². The molecule has 0 spiro atoms. The number of amides is 1. The Bertz CT molecular complexity index is 314. The number of rotatable bonds is 8. The molecule has 0 bridgehead atoms. The van der Waals surface area contributed by atoms with Crippen LogP contribution >= 0.6 is 23.1 Å². The Morgan fingerprint density at radius 1 is 1.65 bits per heavy atom. The summed E-state index contributed by atoms with van der Waals surface area (Å²) in [6.45, 7) is 3.51. The maximum Gasteiger partial charge on any atom is 0.230 e. The van der Waals surface area contributed by atoms with Gasteiger partial charge in [0.25, 0.3) is 0 Å². The van der Waals surface area contributed by atoms with Gasteiger partial charge in [-0.15, -0.1) is 11.3 Å². The molecule has 17 heavy (non-hydrogen) atoms. The number of nitrogens with two attached hydrogens (primary N) is 1. The van der Waals surface area contributed by atoms with Gasteiger partial charge >= 0.3 is 0 Å². The number of hydrogen-bond acceptors (Lipinski definition) is 4. The summed E-state index contributed by atoms with van der Waals surface area (Å²) in [4.78, 5) is 12.8. The smallest absolute Gasteiger partial charge is 0.230 e. The van der Waals surface area contributed by atoms with Crippen molar-refractivity contribution in [2.24, 2.45) is 11.7 Å². The minimum Gasteiger partial charge on any atom is -0.355 e. The van der Waals surface area contributed by atoms with E-state index in [1.165, 1.54) is 4.88 Å². The molecule has 0 saturated heterocycles. The number of hydrogen-bond donors (Lipinski definition) is 2. The van der Waals surface area contributed by atoms with Gasteiger partial charge in [-0.3, -0.25) is 4.79 Å². The zero-order valence-corrected chi connectivity index (χ0v) is 11.8. The van der Waals surface area contributed by atoms with E-state index in [4.69, 9.17) is 5.73 Å². The van der Waals surface area contributed by atoms with E-state index in [1.54, 1.807) is 23.1 Å². The van der Waals surface area contributed by atoms with Crippen LogP contribution in [0.1, 0.15) is 11.8 Å². The lowest BCUT2D eigenvalue weighted by atomic mass is 10.2. The largest absolute Gasteiger partial charge is 0.355 e. The summed E-state index contributed by atoms with van der Waals surface area (Å²) in [7, 11) is 0. The Kier molecular flexibility index (Phi) is 7.32. The van der Waals surface area contributed by atoms with Gasteiger partial charge in [-0.2, -0.15) is 11.8 Å². The first kappa shape index (κ1) is 14.5. The van der Waals surface area contributed by atoms with Crippen LogP contribution in [0, 0.1) is 5.92 Å². The molecule has 1 aromatic heterocycles. The number of thiophene rings is 1. The second-order valence-corrected chi connectivity index (χ2v) is 6.10. The van der Waals surface area contributed by atoms with Crippen LogP contribution in [-0.4, -0.2) is 30.5 Å². The van der Waals surface area contributed by atoms with Crippen LogP contribution in [0.3, 0.4) is 0 Å². The van der Waals surface area contributed by atoms with Crippen LogP contribution in [0.15, 0.2) is 17.5 Å². The molecular formula is C12H20N2OS2. The molecule has 0 saturated carbocycles. The maximum absolute atomic E-state index is 11.5. The minimum absolute atomic E-state index is 0.121. The monoisotopic (exact) mass is 272 g/mol. The fraction of sp³-hybridized carbons (Fsp3) is 0.583. The third-order valence-electron chi connectivity index (χ3n) is 2.31. The molecule has 3 nitrogen and oxygen atoms in total. The molecule has 1 unspecified atom stereocenters. The Balaban J connectivity index is 2.01. The van der Waals surface area contributed by atoms with E-state index in [0.29, 0.717) is 18.2 Å². The Labute approximate surface area is 111 Å². The van der Waals surface area contributed by atoms with E-state index in [2.05, 4.69) is 23.7 Å². The van der Waals surface area contributed by atoms with E-state index in [1.807, 2.05) is 6.07 Å². The zero-order chi connectivity index (χ0) is 12.5. The predicted molar refractivity (Wildman–Crippen MR) is 76.6 cm³/mol. The van der Waals surface area contributed by atoms with E-state index >= 15 is 0 Å². The van der Waals surface area contributed by atoms with Crippen molar-refractivity contribution in [3.05, 3.63) is 22.4 Å². The van der Waals surface area contributed by atoms with Gasteiger partial charge in [0.1, 0.15) is 0 Å². The third kappa shape index (κ3) is 6.71. The average molecular weight is 272 g/mol. The first-order chi connectivity index (χ1) is 8.22. The van der Waals surface area contributed by atoms with Crippen LogP contribution in [0.5, 0.6) is 0 Å². The lowest BCUT2D eigenvalue weighted by Crippen LogP contribution is -2.27. The number of carbonyl (C=O) groups is 1. The molecule has 0 aliphatic heterocycles. The first-order valence-corrected chi connectivity index (χ1v) is 7.82. The topological polar surface area (TPSA) is 55.1 Å². The highest BCUT2D eigenvalue weighted by molar-refractivity contribution is 7.99. The summed E-state index contributed by atoms with van der Waals surface area (Å²) < 4.78 is 0. The SMILES string of the molecule is CC(CN)CSCC(=O)NCCc1cccs1. The van der Waals surface area contributed by atoms with Gasteiger partial charge in [0.05, 0.1) is 5.75 Å². The van der Waals surface area contributed by atoms with E-state index in [0.717, 1.165) is 18.7 Å². The molecule has 1 aromatic rings. The highest BCUT2D eigenvalue weighted by atomic mass is 32.2. The number of nitrogens with one attached hydrogen (secondary N) is 1. The van der Waals surface area contributed by atoms with Crippen LogP contribution < -0.4 is 11.1 Å². The van der Waals surface area contributed by atoms with Gasteiger partial charge in [0.2, 0.25) is 5.91 Å². The van der Waals surface area contributed by atoms with Crippen LogP contribution in [0.4, 0.5) is 0 Å². The van der Waals surface area contributed by atoms with Gasteiger partial charge in [0.15, 0.2) is 0 Å². The highest BCUT2D eigenvalue weighted by Crippen LogP contribution is 2.08. The van der Waals surface area contributed by atoms with E-state index in [9.17, 15) is 4.79 Å². The van der Waals surface area contributed by atoms with Gasteiger partial charge < -0.3 is 11.1 Å². The Hall–Kier alpha value is -0.520. The van der Waals surface area contributed by atoms with Crippen molar-refractivity contribution >= 4 is 29.0 Å². The Morgan fingerprint density at radius 3 is 3.12 bits per heavy atom. The molecule has 0 aromatic carbocycles. The molecular weight excluding hydrogens is 252 g/mol. The molecule has 0 aliphatic carbocycles. The van der Waals surface area contributed by atoms with E-state index < -0.39 is 0 Å². The molecule has 0 aliphatic rings. The summed E-state index contributed by atoms with van der Waals surface area (Å²) in [6, 6.07) is 4.13. The van der Waals surface area contributed by atoms with Gasteiger partial charge in [-0.1, -0.05) is 13.0 Å². The second-order valence-electron chi connectivity index (χ2n) is 4.04. The first-order valence-electron chi connectivity index (χ1n) is 5.79. The lowest BCUT2D eigenvalue weighted by Gasteiger charge is -2.07. The summed E-state index contributed by atoms with van der Waals surface area (Å²) in [5.74, 6) is 2.10. The quantitative estimate of drug-likeness (QED) is 0.758. The summed E-state index contributed by atoms with van der Waals surface area (Å²) in [5.41, 5.74) is 5.51. The summed E-state index contributed by atoms with van der Waals surface area (Å²) in [6.07, 6.45) is 0.924. The zero-order valence-electron chi connectivity index (χ0n) is 10.1. The molecule has 1 amide bonds. The van der Waals surface area contributed by atoms with Crippen LogP contribution in [0.25, 0.3) is 0 Å². The van der Waals surface area contributed by atoms with Crippen molar-refractivity contribution in [2.75, 3.05) is 24.6 Å². The second kappa shape index (κ2) is 8.55. The van der Waals surface area contributed by atoms with Crippen molar-refractivity contribution < 1.29 is 4.79 Å². The van der Waals surface area contributed by atoms with Gasteiger partial charge in [-0.05, 0) is 36.1 Å². The van der Waals surface area contributed by atoms with Crippen LogP contribution in [-0.2, 0) is 11.2 Å². The Morgan fingerprint density at radius 2 is 2.47 bits per heavy atom. The fourth-order valence-electron chi connectivity index (χ4n) is 1.25. The summed E-state index contributed by atoms with van der Waals surface area (Å²) in [5, 5.41) is 4.99. The van der Waals surface area contributed by atoms with Crippen molar-refractivity contribution in [2.45, 2.75) is 13.3 Å². The molecule has 96 valence electrons. The minimum atomic E-state index is 0.121. The van der Waals surface area contributed by atoms with Crippen molar-refractivity contribution in [3.63, 3.8) is 0 Å². The molecule has 0 radical (unpaired) electrons. The van der Waals surface area contributed by atoms with E-state index in [-0.39, 0.29) is 5.91 Å². The molecule has 0 fully saturated rings. The van der Waals surface area contributed by atoms with Gasteiger partial charge in [-0.25, -0.2) is 0 Å². The molecule has 5 heteroatoms. The highest BCUT2D eigenvalue weighted by Gasteiger charge is 2.04. The molecule has 1 atom stereocenters.